The van der Waals surface area contributed by atoms with Crippen molar-refractivity contribution in [3.05, 3.63) is 35.9 Å². The Balaban J connectivity index is 2.44. The second kappa shape index (κ2) is 8.48. The van der Waals surface area contributed by atoms with Gasteiger partial charge >= 0.3 is 0 Å². The zero-order valence-electron chi connectivity index (χ0n) is 12.1. The molecule has 0 N–H and O–H groups in total. The van der Waals surface area contributed by atoms with Crippen molar-refractivity contribution in [3.63, 3.8) is 0 Å². The van der Waals surface area contributed by atoms with Crippen molar-refractivity contribution in [1.82, 2.24) is 4.90 Å². The Kier molecular flexibility index (Phi) is 6.90. The lowest BCUT2D eigenvalue weighted by molar-refractivity contribution is -0.114. The first-order valence-electron chi connectivity index (χ1n) is 6.76. The molecule has 0 aliphatic rings. The van der Waals surface area contributed by atoms with Crippen molar-refractivity contribution in [2.75, 3.05) is 26.7 Å². The zero-order valence-corrected chi connectivity index (χ0v) is 12.1. The van der Waals surface area contributed by atoms with Gasteiger partial charge in [0.25, 0.3) is 0 Å². The van der Waals surface area contributed by atoms with Gasteiger partial charge in [0.2, 0.25) is 0 Å². The summed E-state index contributed by atoms with van der Waals surface area (Å²) in [4.78, 5) is 14.0. The molecular formula is C16H23NO2. The standard InChI is InChI=1S/C16H23NO2/c1-4-17(5-2)13-12-15(18)9-6-14-7-10-16(19-3)11-8-14/h6-11H,4-5,12-13H2,1-3H3/b9-6+. The zero-order chi connectivity index (χ0) is 14.1. The highest BCUT2D eigenvalue weighted by molar-refractivity contribution is 5.93. The van der Waals surface area contributed by atoms with Crippen LogP contribution in [0.1, 0.15) is 25.8 Å². The van der Waals surface area contributed by atoms with E-state index in [1.165, 1.54) is 0 Å². The third-order valence-electron chi connectivity index (χ3n) is 3.15. The lowest BCUT2D eigenvalue weighted by Gasteiger charge is -2.16. The van der Waals surface area contributed by atoms with Crippen LogP contribution in [0, 0.1) is 0 Å². The van der Waals surface area contributed by atoms with Crippen molar-refractivity contribution in [3.8, 4) is 5.75 Å². The third kappa shape index (κ3) is 5.71. The number of methoxy groups -OCH3 is 1. The molecule has 0 unspecified atom stereocenters. The van der Waals surface area contributed by atoms with Gasteiger partial charge in [0.05, 0.1) is 7.11 Å². The smallest absolute Gasteiger partial charge is 0.156 e. The minimum Gasteiger partial charge on any atom is -0.497 e. The fourth-order valence-corrected chi connectivity index (χ4v) is 1.80. The molecule has 0 aliphatic heterocycles. The molecule has 0 saturated carbocycles. The van der Waals surface area contributed by atoms with Gasteiger partial charge in [-0.1, -0.05) is 32.1 Å². The van der Waals surface area contributed by atoms with Crippen molar-refractivity contribution in [2.45, 2.75) is 20.3 Å². The third-order valence-corrected chi connectivity index (χ3v) is 3.15. The highest BCUT2D eigenvalue weighted by Gasteiger charge is 2.02. The summed E-state index contributed by atoms with van der Waals surface area (Å²) in [6, 6.07) is 7.65. The predicted molar refractivity (Wildman–Crippen MR) is 79.4 cm³/mol. The van der Waals surface area contributed by atoms with Gasteiger partial charge in [0.1, 0.15) is 5.75 Å². The number of nitrogens with zero attached hydrogens (tertiary/aromatic N) is 1. The van der Waals surface area contributed by atoms with E-state index < -0.39 is 0 Å². The number of ketones is 1. The quantitative estimate of drug-likeness (QED) is 0.674. The fraction of sp³-hybridized carbons (Fsp3) is 0.438. The molecule has 0 amide bonds. The topological polar surface area (TPSA) is 29.5 Å². The minimum atomic E-state index is 0.169. The SMILES string of the molecule is CCN(CC)CCC(=O)/C=C/c1ccc(OC)cc1. The van der Waals surface area contributed by atoms with Crippen LogP contribution in [-0.4, -0.2) is 37.4 Å². The van der Waals surface area contributed by atoms with Crippen molar-refractivity contribution in [2.24, 2.45) is 0 Å². The molecule has 3 nitrogen and oxygen atoms in total. The molecule has 0 heterocycles. The lowest BCUT2D eigenvalue weighted by Crippen LogP contribution is -2.25. The van der Waals surface area contributed by atoms with E-state index in [1.807, 2.05) is 30.3 Å². The van der Waals surface area contributed by atoms with Crippen LogP contribution in [0.2, 0.25) is 0 Å². The molecule has 0 aliphatic carbocycles. The highest BCUT2D eigenvalue weighted by atomic mass is 16.5. The molecule has 3 heteroatoms. The molecule has 1 aromatic carbocycles. The molecule has 19 heavy (non-hydrogen) atoms. The molecule has 0 atom stereocenters. The first kappa shape index (κ1) is 15.4. The van der Waals surface area contributed by atoms with E-state index in [0.717, 1.165) is 30.9 Å². The Labute approximate surface area is 115 Å². The van der Waals surface area contributed by atoms with Gasteiger partial charge in [0, 0.05) is 13.0 Å². The van der Waals surface area contributed by atoms with E-state index >= 15 is 0 Å². The average Bonchev–Trinajstić information content (AvgIpc) is 2.46. The summed E-state index contributed by atoms with van der Waals surface area (Å²) < 4.78 is 5.09. The molecule has 0 fully saturated rings. The van der Waals surface area contributed by atoms with Crippen LogP contribution in [0.4, 0.5) is 0 Å². The Morgan fingerprint density at radius 2 is 1.84 bits per heavy atom. The van der Waals surface area contributed by atoms with Crippen LogP contribution in [-0.2, 0) is 4.79 Å². The predicted octanol–water partition coefficient (Wildman–Crippen LogP) is 3.01. The lowest BCUT2D eigenvalue weighted by atomic mass is 10.1. The molecule has 1 aromatic rings. The summed E-state index contributed by atoms with van der Waals surface area (Å²) in [5, 5.41) is 0. The van der Waals surface area contributed by atoms with Gasteiger partial charge < -0.3 is 9.64 Å². The number of ether oxygens (including phenoxy) is 1. The summed E-state index contributed by atoms with van der Waals surface area (Å²) in [5.41, 5.74) is 1.01. The largest absolute Gasteiger partial charge is 0.497 e. The monoisotopic (exact) mass is 261 g/mol. The molecule has 0 bridgehead atoms. The van der Waals surface area contributed by atoms with Crippen LogP contribution in [0.25, 0.3) is 6.08 Å². The molecule has 1 rings (SSSR count). The number of hydrogen-bond donors (Lipinski definition) is 0. The normalized spacial score (nSPS) is 11.2. The van der Waals surface area contributed by atoms with Crippen molar-refractivity contribution in [1.29, 1.82) is 0 Å². The number of carbonyl (C=O) groups excluding carboxylic acids is 1. The van der Waals surface area contributed by atoms with Gasteiger partial charge in [0.15, 0.2) is 5.78 Å². The molecule has 0 saturated heterocycles. The molecule has 104 valence electrons. The van der Waals surface area contributed by atoms with Crippen LogP contribution >= 0.6 is 0 Å². The first-order valence-corrected chi connectivity index (χ1v) is 6.76. The average molecular weight is 261 g/mol. The summed E-state index contributed by atoms with van der Waals surface area (Å²) >= 11 is 0. The molecule has 0 aromatic heterocycles. The van der Waals surface area contributed by atoms with Gasteiger partial charge in [-0.3, -0.25) is 4.79 Å². The number of hydrogen-bond acceptors (Lipinski definition) is 3. The number of allylic oxidation sites excluding steroid dienone is 1. The Hall–Kier alpha value is -1.61. The maximum atomic E-state index is 11.7. The van der Waals surface area contributed by atoms with Crippen molar-refractivity contribution >= 4 is 11.9 Å². The van der Waals surface area contributed by atoms with Gasteiger partial charge in [-0.15, -0.1) is 0 Å². The molecule has 0 radical (unpaired) electrons. The van der Waals surface area contributed by atoms with E-state index in [1.54, 1.807) is 13.2 Å². The first-order chi connectivity index (χ1) is 9.19. The van der Waals surface area contributed by atoms with E-state index in [4.69, 9.17) is 4.74 Å². The van der Waals surface area contributed by atoms with Crippen LogP contribution < -0.4 is 4.74 Å². The second-order valence-electron chi connectivity index (χ2n) is 4.35. The van der Waals surface area contributed by atoms with E-state index in [0.29, 0.717) is 6.42 Å². The maximum Gasteiger partial charge on any atom is 0.156 e. The van der Waals surface area contributed by atoms with Crippen LogP contribution in [0.5, 0.6) is 5.75 Å². The Morgan fingerprint density at radius 1 is 1.21 bits per heavy atom. The Morgan fingerprint density at radius 3 is 2.37 bits per heavy atom. The summed E-state index contributed by atoms with van der Waals surface area (Å²) in [5.74, 6) is 0.993. The van der Waals surface area contributed by atoms with Crippen LogP contribution in [0.3, 0.4) is 0 Å². The molecular weight excluding hydrogens is 238 g/mol. The minimum absolute atomic E-state index is 0.169. The maximum absolute atomic E-state index is 11.7. The fourth-order valence-electron chi connectivity index (χ4n) is 1.80. The van der Waals surface area contributed by atoms with Gasteiger partial charge in [-0.2, -0.15) is 0 Å². The second-order valence-corrected chi connectivity index (χ2v) is 4.35. The van der Waals surface area contributed by atoms with Gasteiger partial charge in [-0.05, 0) is 36.9 Å². The number of rotatable bonds is 8. The van der Waals surface area contributed by atoms with Crippen molar-refractivity contribution < 1.29 is 9.53 Å². The Bertz CT molecular complexity index is 405. The van der Waals surface area contributed by atoms with E-state index in [9.17, 15) is 4.79 Å². The number of benzene rings is 1. The summed E-state index contributed by atoms with van der Waals surface area (Å²) in [6.07, 6.45) is 4.09. The number of carbonyl (C=O) groups is 1. The molecule has 0 spiro atoms. The van der Waals surface area contributed by atoms with E-state index in [-0.39, 0.29) is 5.78 Å². The van der Waals surface area contributed by atoms with Crippen LogP contribution in [0.15, 0.2) is 30.3 Å². The van der Waals surface area contributed by atoms with Gasteiger partial charge in [-0.25, -0.2) is 0 Å². The highest BCUT2D eigenvalue weighted by Crippen LogP contribution is 2.12. The summed E-state index contributed by atoms with van der Waals surface area (Å²) in [6.45, 7) is 7.04. The summed E-state index contributed by atoms with van der Waals surface area (Å²) in [7, 11) is 1.64. The van der Waals surface area contributed by atoms with E-state index in [2.05, 4.69) is 18.7 Å².